The summed E-state index contributed by atoms with van der Waals surface area (Å²) in [5, 5.41) is 13.1. The lowest BCUT2D eigenvalue weighted by Crippen LogP contribution is -2.17. The smallest absolute Gasteiger partial charge is 0.258 e. The Labute approximate surface area is 98.4 Å². The van der Waals surface area contributed by atoms with E-state index in [0.717, 1.165) is 0 Å². The first-order chi connectivity index (χ1) is 7.64. The highest BCUT2D eigenvalue weighted by molar-refractivity contribution is 7.89. The van der Waals surface area contributed by atoms with Gasteiger partial charge in [0.25, 0.3) is 21.5 Å². The maximum absolute atomic E-state index is 12.3. The Balaban J connectivity index is 3.69. The molecule has 0 atom stereocenters. The van der Waals surface area contributed by atoms with Crippen LogP contribution < -0.4 is 5.14 Å². The minimum absolute atomic E-state index is 0.513. The molecule has 0 amide bonds. The number of alkyl halides is 2. The molecule has 2 N–H and O–H groups in total. The fraction of sp³-hybridized carbons (Fsp3) is 0.167. The summed E-state index contributed by atoms with van der Waals surface area (Å²) in [5.41, 5.74) is -2.14. The molecule has 0 aliphatic carbocycles. The number of halogens is 3. The van der Waals surface area contributed by atoms with Gasteiger partial charge >= 0.3 is 5.69 Å². The number of hydrogen-bond acceptors (Lipinski definition) is 5. The zero-order valence-corrected chi connectivity index (χ0v) is 9.37. The molecule has 0 radical (unpaired) electrons. The minimum atomic E-state index is -4.63. The molecule has 1 aromatic heterocycles. The lowest BCUT2D eigenvalue weighted by atomic mass is 10.3. The average Bonchev–Trinajstić information content (AvgIpc) is 2.14. The van der Waals surface area contributed by atoms with E-state index in [1.54, 1.807) is 0 Å². The number of rotatable bonds is 3. The summed E-state index contributed by atoms with van der Waals surface area (Å²) in [6.45, 7) is 0. The highest BCUT2D eigenvalue weighted by Gasteiger charge is 2.30. The number of primary sulfonamides is 1. The molecule has 0 unspecified atom stereocenters. The summed E-state index contributed by atoms with van der Waals surface area (Å²) in [4.78, 5) is 12.3. The van der Waals surface area contributed by atoms with E-state index in [1.165, 1.54) is 0 Å². The molecule has 0 aromatic carbocycles. The van der Waals surface area contributed by atoms with Crippen molar-refractivity contribution in [2.45, 2.75) is 11.5 Å². The van der Waals surface area contributed by atoms with Gasteiger partial charge in [-0.25, -0.2) is 27.3 Å². The zero-order chi connectivity index (χ0) is 13.4. The van der Waals surface area contributed by atoms with Crippen LogP contribution in [0.3, 0.4) is 0 Å². The van der Waals surface area contributed by atoms with Gasteiger partial charge in [-0.3, -0.25) is 10.1 Å². The lowest BCUT2D eigenvalue weighted by Gasteiger charge is -2.04. The number of nitrogens with zero attached hydrogens (tertiary/aromatic N) is 2. The fourth-order valence-corrected chi connectivity index (χ4v) is 1.99. The SMILES string of the molecule is NS(=O)(=O)c1nc(C(F)F)cc(Cl)c1[N+](=O)[O-]. The van der Waals surface area contributed by atoms with Crippen molar-refractivity contribution in [2.75, 3.05) is 0 Å². The molecule has 17 heavy (non-hydrogen) atoms. The van der Waals surface area contributed by atoms with Crippen LogP contribution in [0.25, 0.3) is 0 Å². The van der Waals surface area contributed by atoms with Crippen LogP contribution in [0.5, 0.6) is 0 Å². The maximum Gasteiger partial charge on any atom is 0.326 e. The first-order valence-corrected chi connectivity index (χ1v) is 5.72. The normalized spacial score (nSPS) is 11.8. The summed E-state index contributed by atoms with van der Waals surface area (Å²) >= 11 is 5.34. The Bertz CT molecular complexity index is 577. The largest absolute Gasteiger partial charge is 0.326 e. The van der Waals surface area contributed by atoms with Crippen LogP contribution in [0.1, 0.15) is 12.1 Å². The molecule has 0 saturated carbocycles. The molecule has 0 aliphatic rings. The van der Waals surface area contributed by atoms with E-state index in [1.807, 2.05) is 0 Å². The van der Waals surface area contributed by atoms with E-state index in [-0.39, 0.29) is 0 Å². The average molecular weight is 288 g/mol. The molecule has 11 heteroatoms. The van der Waals surface area contributed by atoms with Crippen LogP contribution in [0.15, 0.2) is 11.1 Å². The van der Waals surface area contributed by atoms with Crippen molar-refractivity contribution in [1.29, 1.82) is 0 Å². The van der Waals surface area contributed by atoms with Crippen molar-refractivity contribution in [3.8, 4) is 0 Å². The number of nitrogens with two attached hydrogens (primary N) is 1. The Morgan fingerprint density at radius 2 is 2.06 bits per heavy atom. The fourth-order valence-electron chi connectivity index (χ4n) is 0.978. The summed E-state index contributed by atoms with van der Waals surface area (Å²) in [6.07, 6.45) is -3.13. The van der Waals surface area contributed by atoms with Crippen molar-refractivity contribution >= 4 is 27.3 Å². The molecule has 0 fully saturated rings. The monoisotopic (exact) mass is 287 g/mol. The van der Waals surface area contributed by atoms with Gasteiger partial charge in [-0.1, -0.05) is 11.6 Å². The number of nitro groups is 1. The van der Waals surface area contributed by atoms with Crippen LogP contribution in [-0.2, 0) is 10.0 Å². The number of sulfonamides is 1. The molecular formula is C6H4ClF2N3O4S. The van der Waals surface area contributed by atoms with E-state index in [9.17, 15) is 27.3 Å². The number of aromatic nitrogens is 1. The van der Waals surface area contributed by atoms with Crippen molar-refractivity contribution in [2.24, 2.45) is 5.14 Å². The van der Waals surface area contributed by atoms with Crippen LogP contribution in [-0.4, -0.2) is 18.3 Å². The summed E-state index contributed by atoms with van der Waals surface area (Å²) in [6, 6.07) is 0.513. The highest BCUT2D eigenvalue weighted by Crippen LogP contribution is 2.32. The Morgan fingerprint density at radius 3 is 2.41 bits per heavy atom. The number of pyridine rings is 1. The predicted molar refractivity (Wildman–Crippen MR) is 52.2 cm³/mol. The molecule has 0 bridgehead atoms. The summed E-state index contributed by atoms with van der Waals surface area (Å²) in [5.74, 6) is 0. The van der Waals surface area contributed by atoms with E-state index >= 15 is 0 Å². The first kappa shape index (κ1) is 13.7. The van der Waals surface area contributed by atoms with Crippen molar-refractivity contribution in [3.63, 3.8) is 0 Å². The second-order valence-electron chi connectivity index (χ2n) is 2.79. The van der Waals surface area contributed by atoms with Crippen LogP contribution in [0.4, 0.5) is 14.5 Å². The summed E-state index contributed by atoms with van der Waals surface area (Å²) in [7, 11) is -4.63. The predicted octanol–water partition coefficient (Wildman–Crippen LogP) is 1.23. The quantitative estimate of drug-likeness (QED) is 0.663. The first-order valence-electron chi connectivity index (χ1n) is 3.80. The van der Waals surface area contributed by atoms with Crippen molar-refractivity contribution in [1.82, 2.24) is 4.98 Å². The molecule has 0 aliphatic heterocycles. The van der Waals surface area contributed by atoms with E-state index in [2.05, 4.69) is 10.1 Å². The molecule has 0 spiro atoms. The van der Waals surface area contributed by atoms with Gasteiger partial charge in [-0.15, -0.1) is 0 Å². The molecule has 1 rings (SSSR count). The van der Waals surface area contributed by atoms with E-state index < -0.39 is 42.8 Å². The van der Waals surface area contributed by atoms with Crippen molar-refractivity contribution < 1.29 is 22.1 Å². The third kappa shape index (κ3) is 2.84. The zero-order valence-electron chi connectivity index (χ0n) is 7.80. The lowest BCUT2D eigenvalue weighted by molar-refractivity contribution is -0.388. The van der Waals surface area contributed by atoms with Gasteiger partial charge in [-0.05, 0) is 6.07 Å². The molecule has 0 saturated heterocycles. The van der Waals surface area contributed by atoms with Gasteiger partial charge in [0, 0.05) is 0 Å². The van der Waals surface area contributed by atoms with Gasteiger partial charge in [-0.2, -0.15) is 0 Å². The molecular weight excluding hydrogens is 284 g/mol. The number of hydrogen-bond donors (Lipinski definition) is 1. The molecule has 1 aromatic rings. The summed E-state index contributed by atoms with van der Waals surface area (Å²) < 4.78 is 46.6. The molecule has 1 heterocycles. The maximum atomic E-state index is 12.3. The van der Waals surface area contributed by atoms with Gasteiger partial charge in [0.05, 0.1) is 4.92 Å². The van der Waals surface area contributed by atoms with Gasteiger partial charge in [0.2, 0.25) is 0 Å². The van der Waals surface area contributed by atoms with Crippen LogP contribution in [0.2, 0.25) is 5.02 Å². The van der Waals surface area contributed by atoms with Gasteiger partial charge in [0.1, 0.15) is 10.7 Å². The van der Waals surface area contributed by atoms with Gasteiger partial charge < -0.3 is 0 Å². The Hall–Kier alpha value is -1.39. The van der Waals surface area contributed by atoms with E-state index in [4.69, 9.17) is 11.6 Å². The third-order valence-electron chi connectivity index (χ3n) is 1.61. The third-order valence-corrected chi connectivity index (χ3v) is 2.72. The van der Waals surface area contributed by atoms with Gasteiger partial charge in [0.15, 0.2) is 0 Å². The Morgan fingerprint density at radius 1 is 1.53 bits per heavy atom. The highest BCUT2D eigenvalue weighted by atomic mass is 35.5. The van der Waals surface area contributed by atoms with Crippen molar-refractivity contribution in [3.05, 3.63) is 26.9 Å². The van der Waals surface area contributed by atoms with Crippen LogP contribution >= 0.6 is 11.6 Å². The minimum Gasteiger partial charge on any atom is -0.258 e. The Kier molecular flexibility index (Phi) is 3.59. The van der Waals surface area contributed by atoms with Crippen LogP contribution in [0, 0.1) is 10.1 Å². The molecule has 7 nitrogen and oxygen atoms in total. The second-order valence-corrected chi connectivity index (χ2v) is 4.67. The van der Waals surface area contributed by atoms with E-state index in [0.29, 0.717) is 6.07 Å². The molecule has 94 valence electrons. The topological polar surface area (TPSA) is 116 Å². The standard InChI is InChI=1S/C6H4ClF2N3O4S/c7-2-1-3(5(8)9)11-6(17(10,15)16)4(2)12(13)14/h1,5H,(H2,10,15,16). The second kappa shape index (κ2) is 4.47.